The molecule has 0 aliphatic heterocycles. The maximum Gasteiger partial charge on any atom is 0.277 e. The second-order valence-electron chi connectivity index (χ2n) is 5.32. The SMILES string of the molecule is COc1cc(CN)c([N+](=O)[O-])cc1OC1CCCCCC1. The van der Waals surface area contributed by atoms with Gasteiger partial charge in [0, 0.05) is 12.1 Å². The first kappa shape index (κ1) is 15.6. The monoisotopic (exact) mass is 294 g/mol. The van der Waals surface area contributed by atoms with Crippen LogP contribution < -0.4 is 15.2 Å². The molecule has 116 valence electrons. The second-order valence-corrected chi connectivity index (χ2v) is 5.32. The predicted octanol–water partition coefficient (Wildman–Crippen LogP) is 3.16. The quantitative estimate of drug-likeness (QED) is 0.512. The second kappa shape index (κ2) is 7.26. The number of nitrogens with zero attached hydrogens (tertiary/aromatic N) is 1. The summed E-state index contributed by atoms with van der Waals surface area (Å²) in [6.07, 6.45) is 6.79. The predicted molar refractivity (Wildman–Crippen MR) is 79.7 cm³/mol. The van der Waals surface area contributed by atoms with E-state index in [4.69, 9.17) is 15.2 Å². The van der Waals surface area contributed by atoms with Crippen molar-refractivity contribution in [1.29, 1.82) is 0 Å². The molecule has 1 aromatic carbocycles. The summed E-state index contributed by atoms with van der Waals surface area (Å²) in [5.74, 6) is 0.943. The minimum absolute atomic E-state index is 0.0121. The number of rotatable bonds is 5. The van der Waals surface area contributed by atoms with Gasteiger partial charge in [0.25, 0.3) is 5.69 Å². The lowest BCUT2D eigenvalue weighted by atomic mass is 10.1. The van der Waals surface area contributed by atoms with Crippen LogP contribution in [-0.2, 0) is 6.54 Å². The van der Waals surface area contributed by atoms with Gasteiger partial charge in [-0.2, -0.15) is 0 Å². The fourth-order valence-electron chi connectivity index (χ4n) is 2.72. The van der Waals surface area contributed by atoms with Gasteiger partial charge < -0.3 is 15.2 Å². The van der Waals surface area contributed by atoms with Crippen molar-refractivity contribution in [1.82, 2.24) is 0 Å². The van der Waals surface area contributed by atoms with Gasteiger partial charge in [0.15, 0.2) is 11.5 Å². The number of hydrogen-bond donors (Lipinski definition) is 1. The zero-order valence-electron chi connectivity index (χ0n) is 12.3. The van der Waals surface area contributed by atoms with Crippen LogP contribution in [0.5, 0.6) is 11.5 Å². The molecule has 0 atom stereocenters. The van der Waals surface area contributed by atoms with Gasteiger partial charge in [-0.05, 0) is 31.7 Å². The van der Waals surface area contributed by atoms with Crippen molar-refractivity contribution in [2.75, 3.05) is 7.11 Å². The van der Waals surface area contributed by atoms with Crippen LogP contribution in [0.2, 0.25) is 0 Å². The summed E-state index contributed by atoms with van der Waals surface area (Å²) >= 11 is 0. The molecule has 0 heterocycles. The lowest BCUT2D eigenvalue weighted by Gasteiger charge is -2.19. The number of methoxy groups -OCH3 is 1. The zero-order chi connectivity index (χ0) is 15.2. The van der Waals surface area contributed by atoms with Gasteiger partial charge in [0.1, 0.15) is 0 Å². The van der Waals surface area contributed by atoms with Crippen LogP contribution in [0.15, 0.2) is 12.1 Å². The Morgan fingerprint density at radius 3 is 2.43 bits per heavy atom. The maximum absolute atomic E-state index is 11.1. The van der Waals surface area contributed by atoms with Crippen molar-refractivity contribution in [3.63, 3.8) is 0 Å². The molecule has 0 saturated heterocycles. The Morgan fingerprint density at radius 2 is 1.90 bits per heavy atom. The molecule has 0 unspecified atom stereocenters. The molecular formula is C15H22N2O4. The summed E-state index contributed by atoms with van der Waals surface area (Å²) in [6.45, 7) is 0.0936. The summed E-state index contributed by atoms with van der Waals surface area (Å²) in [5, 5.41) is 11.1. The minimum Gasteiger partial charge on any atom is -0.493 e. The van der Waals surface area contributed by atoms with E-state index in [1.807, 2.05) is 0 Å². The van der Waals surface area contributed by atoms with E-state index in [1.54, 1.807) is 6.07 Å². The highest BCUT2D eigenvalue weighted by Crippen LogP contribution is 2.36. The van der Waals surface area contributed by atoms with Crippen LogP contribution >= 0.6 is 0 Å². The summed E-state index contributed by atoms with van der Waals surface area (Å²) in [4.78, 5) is 10.7. The number of benzene rings is 1. The van der Waals surface area contributed by atoms with Crippen molar-refractivity contribution in [3.8, 4) is 11.5 Å². The maximum atomic E-state index is 11.1. The molecule has 1 aliphatic rings. The van der Waals surface area contributed by atoms with Crippen LogP contribution in [0.1, 0.15) is 44.1 Å². The highest BCUT2D eigenvalue weighted by Gasteiger charge is 2.21. The first-order valence-electron chi connectivity index (χ1n) is 7.37. The van der Waals surface area contributed by atoms with E-state index in [-0.39, 0.29) is 18.3 Å². The molecule has 0 spiro atoms. The largest absolute Gasteiger partial charge is 0.493 e. The molecule has 1 saturated carbocycles. The van der Waals surface area contributed by atoms with Crippen molar-refractivity contribution in [2.24, 2.45) is 5.73 Å². The highest BCUT2D eigenvalue weighted by atomic mass is 16.6. The third-order valence-corrected chi connectivity index (χ3v) is 3.88. The van der Waals surface area contributed by atoms with Crippen molar-refractivity contribution in [2.45, 2.75) is 51.2 Å². The zero-order valence-corrected chi connectivity index (χ0v) is 12.3. The fourth-order valence-corrected chi connectivity index (χ4v) is 2.72. The normalized spacial score (nSPS) is 16.3. The molecule has 21 heavy (non-hydrogen) atoms. The Bertz CT molecular complexity index is 497. The van der Waals surface area contributed by atoms with E-state index in [2.05, 4.69) is 0 Å². The van der Waals surface area contributed by atoms with Crippen LogP contribution in [0, 0.1) is 10.1 Å². The molecule has 6 heteroatoms. The summed E-state index contributed by atoms with van der Waals surface area (Å²) in [7, 11) is 1.53. The number of ether oxygens (including phenoxy) is 2. The lowest BCUT2D eigenvalue weighted by molar-refractivity contribution is -0.385. The van der Waals surface area contributed by atoms with Crippen LogP contribution in [0.4, 0.5) is 5.69 Å². The third kappa shape index (κ3) is 3.85. The summed E-state index contributed by atoms with van der Waals surface area (Å²) in [5.41, 5.74) is 6.00. The molecule has 2 N–H and O–H groups in total. The van der Waals surface area contributed by atoms with Gasteiger partial charge in [-0.15, -0.1) is 0 Å². The van der Waals surface area contributed by atoms with Crippen LogP contribution in [0.3, 0.4) is 0 Å². The fraction of sp³-hybridized carbons (Fsp3) is 0.600. The molecule has 1 aliphatic carbocycles. The highest BCUT2D eigenvalue weighted by molar-refractivity contribution is 5.54. The average molecular weight is 294 g/mol. The third-order valence-electron chi connectivity index (χ3n) is 3.88. The Hall–Kier alpha value is -1.82. The number of nitrogens with two attached hydrogens (primary N) is 1. The van der Waals surface area contributed by atoms with Crippen LogP contribution in [-0.4, -0.2) is 18.1 Å². The number of nitro benzene ring substituents is 1. The molecular weight excluding hydrogens is 272 g/mol. The average Bonchev–Trinajstić information content (AvgIpc) is 2.75. The number of nitro groups is 1. The van der Waals surface area contributed by atoms with E-state index >= 15 is 0 Å². The van der Waals surface area contributed by atoms with Crippen molar-refractivity contribution < 1.29 is 14.4 Å². The summed E-state index contributed by atoms with van der Waals surface area (Å²) < 4.78 is 11.3. The van der Waals surface area contributed by atoms with E-state index < -0.39 is 4.92 Å². The van der Waals surface area contributed by atoms with Gasteiger partial charge in [0.2, 0.25) is 0 Å². The van der Waals surface area contributed by atoms with Gasteiger partial charge in [-0.3, -0.25) is 10.1 Å². The van der Waals surface area contributed by atoms with E-state index in [1.165, 1.54) is 26.0 Å². The Labute approximate surface area is 124 Å². The standard InChI is InChI=1S/C15H22N2O4/c1-20-14-8-11(10-16)13(17(18)19)9-15(14)21-12-6-4-2-3-5-7-12/h8-9,12H,2-7,10,16H2,1H3. The lowest BCUT2D eigenvalue weighted by Crippen LogP contribution is -2.16. The topological polar surface area (TPSA) is 87.6 Å². The smallest absolute Gasteiger partial charge is 0.277 e. The Morgan fingerprint density at radius 1 is 1.24 bits per heavy atom. The Kier molecular flexibility index (Phi) is 5.38. The van der Waals surface area contributed by atoms with Gasteiger partial charge >= 0.3 is 0 Å². The number of hydrogen-bond acceptors (Lipinski definition) is 5. The van der Waals surface area contributed by atoms with E-state index in [0.29, 0.717) is 17.1 Å². The first-order chi connectivity index (χ1) is 10.2. The molecule has 6 nitrogen and oxygen atoms in total. The molecule has 0 bridgehead atoms. The summed E-state index contributed by atoms with van der Waals surface area (Å²) in [6, 6.07) is 3.04. The molecule has 1 aromatic rings. The van der Waals surface area contributed by atoms with Crippen molar-refractivity contribution in [3.05, 3.63) is 27.8 Å². The van der Waals surface area contributed by atoms with E-state index in [0.717, 1.165) is 25.7 Å². The first-order valence-corrected chi connectivity index (χ1v) is 7.37. The van der Waals surface area contributed by atoms with Crippen molar-refractivity contribution >= 4 is 5.69 Å². The molecule has 2 rings (SSSR count). The van der Waals surface area contributed by atoms with E-state index in [9.17, 15) is 10.1 Å². The van der Waals surface area contributed by atoms with Gasteiger partial charge in [-0.25, -0.2) is 0 Å². The Balaban J connectivity index is 2.27. The molecule has 1 fully saturated rings. The molecule has 0 amide bonds. The molecule has 0 aromatic heterocycles. The van der Waals surface area contributed by atoms with Gasteiger partial charge in [0.05, 0.1) is 24.2 Å². The molecule has 0 radical (unpaired) electrons. The van der Waals surface area contributed by atoms with Crippen LogP contribution in [0.25, 0.3) is 0 Å². The van der Waals surface area contributed by atoms with Gasteiger partial charge in [-0.1, -0.05) is 12.8 Å². The minimum atomic E-state index is -0.429.